The summed E-state index contributed by atoms with van der Waals surface area (Å²) in [7, 11) is 0. The Morgan fingerprint density at radius 2 is 2.00 bits per heavy atom. The average Bonchev–Trinajstić information content (AvgIpc) is 2.44. The van der Waals surface area contributed by atoms with E-state index in [1.54, 1.807) is 0 Å². The van der Waals surface area contributed by atoms with Crippen molar-refractivity contribution in [1.82, 2.24) is 5.32 Å². The van der Waals surface area contributed by atoms with E-state index in [-0.39, 0.29) is 22.9 Å². The number of hydrogen-bond acceptors (Lipinski definition) is 3. The van der Waals surface area contributed by atoms with Crippen molar-refractivity contribution in [2.45, 2.75) is 44.4 Å². The minimum Gasteiger partial charge on any atom is -0.433 e. The van der Waals surface area contributed by atoms with Crippen LogP contribution in [0.4, 0.5) is 19.3 Å². The van der Waals surface area contributed by atoms with Crippen LogP contribution >= 0.6 is 11.6 Å². The molecule has 2 amide bonds. The normalized spacial score (nSPS) is 21.5. The second-order valence-corrected chi connectivity index (χ2v) is 5.53. The van der Waals surface area contributed by atoms with E-state index in [1.165, 1.54) is 18.2 Å². The number of benzene rings is 1. The van der Waals surface area contributed by atoms with Crippen molar-refractivity contribution in [3.8, 4) is 5.75 Å². The van der Waals surface area contributed by atoms with Crippen LogP contribution in [0.1, 0.15) is 25.7 Å². The molecule has 2 rings (SSSR count). The van der Waals surface area contributed by atoms with Crippen molar-refractivity contribution in [3.05, 3.63) is 23.2 Å². The van der Waals surface area contributed by atoms with Gasteiger partial charge in [-0.2, -0.15) is 8.78 Å². The van der Waals surface area contributed by atoms with Crippen molar-refractivity contribution in [2.75, 3.05) is 5.32 Å². The fraction of sp³-hybridized carbons (Fsp3) is 0.500. The van der Waals surface area contributed by atoms with Gasteiger partial charge in [0.05, 0.1) is 11.1 Å². The molecule has 1 aliphatic carbocycles. The lowest BCUT2D eigenvalue weighted by atomic mass is 9.93. The topological polar surface area (TPSA) is 70.6 Å². The van der Waals surface area contributed by atoms with Gasteiger partial charge in [0.2, 0.25) is 0 Å². The van der Waals surface area contributed by atoms with Gasteiger partial charge in [0.1, 0.15) is 5.75 Å². The SMILES string of the molecule is O=C(Nc1ccc(OC(F)F)c(Cl)c1)NC1CCC(O)CC1. The molecule has 8 heteroatoms. The Balaban J connectivity index is 1.87. The third kappa shape index (κ3) is 4.99. The molecule has 0 unspecified atom stereocenters. The number of hydrogen-bond donors (Lipinski definition) is 3. The number of alkyl halides is 2. The van der Waals surface area contributed by atoms with E-state index in [9.17, 15) is 18.7 Å². The summed E-state index contributed by atoms with van der Waals surface area (Å²) in [5.41, 5.74) is 0.375. The van der Waals surface area contributed by atoms with Gasteiger partial charge in [-0.05, 0) is 43.9 Å². The van der Waals surface area contributed by atoms with Gasteiger partial charge in [0.25, 0.3) is 0 Å². The average molecular weight is 335 g/mol. The van der Waals surface area contributed by atoms with Gasteiger partial charge in [-0.1, -0.05) is 11.6 Å². The van der Waals surface area contributed by atoms with E-state index < -0.39 is 12.6 Å². The van der Waals surface area contributed by atoms with Crippen molar-refractivity contribution in [2.24, 2.45) is 0 Å². The maximum Gasteiger partial charge on any atom is 0.387 e. The van der Waals surface area contributed by atoms with Crippen molar-refractivity contribution < 1.29 is 23.4 Å². The van der Waals surface area contributed by atoms with E-state index >= 15 is 0 Å². The number of aliphatic hydroxyl groups excluding tert-OH is 1. The Kier molecular flexibility index (Phi) is 5.79. The first kappa shape index (κ1) is 16.8. The number of rotatable bonds is 4. The van der Waals surface area contributed by atoms with Crippen LogP contribution in [0, 0.1) is 0 Å². The summed E-state index contributed by atoms with van der Waals surface area (Å²) in [5.74, 6) is -0.149. The molecule has 0 aromatic heterocycles. The first-order chi connectivity index (χ1) is 10.4. The maximum absolute atomic E-state index is 12.1. The minimum absolute atomic E-state index is 0.0142. The lowest BCUT2D eigenvalue weighted by Crippen LogP contribution is -2.40. The minimum atomic E-state index is -2.96. The van der Waals surface area contributed by atoms with Crippen molar-refractivity contribution >= 4 is 23.3 Å². The van der Waals surface area contributed by atoms with E-state index in [2.05, 4.69) is 15.4 Å². The molecular weight excluding hydrogens is 318 g/mol. The molecule has 1 saturated carbocycles. The standard InChI is InChI=1S/C14H17ClF2N2O3/c15-11-7-9(3-6-12(11)22-13(16)17)19-14(21)18-8-1-4-10(20)5-2-8/h3,6-8,10,13,20H,1-2,4-5H2,(H2,18,19,21). The number of halogens is 3. The summed E-state index contributed by atoms with van der Waals surface area (Å²) in [5, 5.41) is 14.8. The monoisotopic (exact) mass is 334 g/mol. The van der Waals surface area contributed by atoms with Gasteiger partial charge in [-0.3, -0.25) is 0 Å². The highest BCUT2D eigenvalue weighted by molar-refractivity contribution is 6.32. The van der Waals surface area contributed by atoms with Crippen LogP contribution in [0.3, 0.4) is 0 Å². The molecule has 1 aliphatic rings. The predicted molar refractivity (Wildman–Crippen MR) is 78.5 cm³/mol. The van der Waals surface area contributed by atoms with Crippen molar-refractivity contribution in [3.63, 3.8) is 0 Å². The van der Waals surface area contributed by atoms with E-state index in [0.717, 1.165) is 12.8 Å². The summed E-state index contributed by atoms with van der Waals surface area (Å²) in [6.07, 6.45) is 2.47. The third-order valence-corrected chi connectivity index (χ3v) is 3.73. The zero-order chi connectivity index (χ0) is 16.1. The van der Waals surface area contributed by atoms with Gasteiger partial charge in [-0.15, -0.1) is 0 Å². The van der Waals surface area contributed by atoms with Crippen LogP contribution in [-0.2, 0) is 0 Å². The summed E-state index contributed by atoms with van der Waals surface area (Å²) in [6.45, 7) is -2.96. The summed E-state index contributed by atoms with van der Waals surface area (Å²) >= 11 is 5.81. The molecular formula is C14H17ClF2N2O3. The molecule has 122 valence electrons. The number of carbonyl (C=O) groups excluding carboxylic acids is 1. The zero-order valence-electron chi connectivity index (χ0n) is 11.7. The number of aliphatic hydroxyl groups is 1. The highest BCUT2D eigenvalue weighted by atomic mass is 35.5. The molecule has 0 heterocycles. The highest BCUT2D eigenvalue weighted by Gasteiger charge is 2.20. The van der Waals surface area contributed by atoms with Crippen LogP contribution in [0.5, 0.6) is 5.75 Å². The number of ether oxygens (including phenoxy) is 1. The van der Waals surface area contributed by atoms with Gasteiger partial charge in [-0.25, -0.2) is 4.79 Å². The van der Waals surface area contributed by atoms with E-state index in [1.807, 2.05) is 0 Å². The van der Waals surface area contributed by atoms with Gasteiger partial charge >= 0.3 is 12.6 Å². The molecule has 1 aromatic rings. The third-order valence-electron chi connectivity index (χ3n) is 3.44. The number of amides is 2. The number of urea groups is 1. The molecule has 3 N–H and O–H groups in total. The van der Waals surface area contributed by atoms with Crippen LogP contribution in [-0.4, -0.2) is 29.9 Å². The lowest BCUT2D eigenvalue weighted by Gasteiger charge is -2.26. The Morgan fingerprint density at radius 1 is 1.32 bits per heavy atom. The Morgan fingerprint density at radius 3 is 2.59 bits per heavy atom. The predicted octanol–water partition coefficient (Wildman–Crippen LogP) is 3.37. The second kappa shape index (κ2) is 7.60. The first-order valence-corrected chi connectivity index (χ1v) is 7.32. The van der Waals surface area contributed by atoms with E-state index in [4.69, 9.17) is 11.6 Å². The summed E-state index contributed by atoms with van der Waals surface area (Å²) in [6, 6.07) is 3.64. The molecule has 5 nitrogen and oxygen atoms in total. The molecule has 0 atom stereocenters. The first-order valence-electron chi connectivity index (χ1n) is 6.94. The molecule has 1 aromatic carbocycles. The lowest BCUT2D eigenvalue weighted by molar-refractivity contribution is -0.0497. The molecule has 0 radical (unpaired) electrons. The number of nitrogens with one attached hydrogen (secondary N) is 2. The molecule has 0 spiro atoms. The summed E-state index contributed by atoms with van der Waals surface area (Å²) < 4.78 is 28.5. The molecule has 1 fully saturated rings. The van der Waals surface area contributed by atoms with Crippen LogP contribution in [0.2, 0.25) is 5.02 Å². The van der Waals surface area contributed by atoms with Crippen LogP contribution < -0.4 is 15.4 Å². The molecule has 0 bridgehead atoms. The van der Waals surface area contributed by atoms with Crippen LogP contribution in [0.25, 0.3) is 0 Å². The fourth-order valence-corrected chi connectivity index (χ4v) is 2.57. The van der Waals surface area contributed by atoms with Crippen molar-refractivity contribution in [1.29, 1.82) is 0 Å². The number of carbonyl (C=O) groups is 1. The maximum atomic E-state index is 12.1. The smallest absolute Gasteiger partial charge is 0.387 e. The molecule has 0 saturated heterocycles. The highest BCUT2D eigenvalue weighted by Crippen LogP contribution is 2.29. The quantitative estimate of drug-likeness (QED) is 0.790. The summed E-state index contributed by atoms with van der Waals surface area (Å²) in [4.78, 5) is 11.9. The Labute approximate surface area is 131 Å². The Bertz CT molecular complexity index is 523. The van der Waals surface area contributed by atoms with E-state index in [0.29, 0.717) is 18.5 Å². The van der Waals surface area contributed by atoms with Gasteiger partial charge in [0, 0.05) is 11.7 Å². The molecule has 0 aliphatic heterocycles. The fourth-order valence-electron chi connectivity index (χ4n) is 2.34. The van der Waals surface area contributed by atoms with Gasteiger partial charge < -0.3 is 20.5 Å². The Hall–Kier alpha value is -1.60. The largest absolute Gasteiger partial charge is 0.433 e. The van der Waals surface area contributed by atoms with Gasteiger partial charge in [0.15, 0.2) is 0 Å². The molecule has 22 heavy (non-hydrogen) atoms. The second-order valence-electron chi connectivity index (χ2n) is 5.13. The zero-order valence-corrected chi connectivity index (χ0v) is 12.4. The van der Waals surface area contributed by atoms with Crippen LogP contribution in [0.15, 0.2) is 18.2 Å². The number of anilines is 1.